The number of fused-ring (bicyclic) bond motifs is 3. The molecule has 1 aromatic carbocycles. The maximum atomic E-state index is 13.5. The number of carbonyl (C=O) groups is 1. The van der Waals surface area contributed by atoms with Crippen molar-refractivity contribution in [2.75, 3.05) is 7.05 Å². The topological polar surface area (TPSA) is 96.7 Å². The Morgan fingerprint density at radius 2 is 2.32 bits per heavy atom. The Morgan fingerprint density at radius 3 is 3.00 bits per heavy atom. The van der Waals surface area contributed by atoms with Crippen molar-refractivity contribution in [3.63, 3.8) is 0 Å². The minimum absolute atomic E-state index is 0.199. The number of nitrogens with two attached hydrogens (primary N) is 1. The monoisotopic (exact) mass is 355 g/mol. The van der Waals surface area contributed by atoms with Gasteiger partial charge in [-0.05, 0) is 24.3 Å². The van der Waals surface area contributed by atoms with Gasteiger partial charge in [-0.1, -0.05) is 0 Å². The Bertz CT molecular complexity index is 1050. The summed E-state index contributed by atoms with van der Waals surface area (Å²) < 4.78 is 15.4. The molecule has 2 atom stereocenters. The fraction of sp³-hybridized carbons (Fsp3) is 0.235. The van der Waals surface area contributed by atoms with Crippen LogP contribution >= 0.6 is 11.3 Å². The zero-order chi connectivity index (χ0) is 17.8. The summed E-state index contributed by atoms with van der Waals surface area (Å²) in [5.74, 6) is -0.638. The number of benzene rings is 1. The summed E-state index contributed by atoms with van der Waals surface area (Å²) in [5.41, 5.74) is 6.80. The van der Waals surface area contributed by atoms with Crippen LogP contribution in [0.2, 0.25) is 0 Å². The lowest BCUT2D eigenvalue weighted by Crippen LogP contribution is -2.48. The Kier molecular flexibility index (Phi) is 3.39. The molecule has 2 aromatic heterocycles. The van der Waals surface area contributed by atoms with Gasteiger partial charge in [0.15, 0.2) is 0 Å². The minimum Gasteiger partial charge on any atom is -0.359 e. The van der Waals surface area contributed by atoms with Crippen LogP contribution in [0.15, 0.2) is 30.3 Å². The standard InChI is InChI=1S/C17H14FN5OS/c1-21-15(24)11-8-23-13-4-2-9(18)6-12(13)22-16(23)17(11,20)14-5-3-10(7-19)25-14/h2-6,11H,8,20H2,1H3,(H,21,24). The molecule has 1 aliphatic rings. The number of nitrogens with one attached hydrogen (secondary N) is 1. The molecule has 0 saturated carbocycles. The Labute approximate surface area is 146 Å². The SMILES string of the molecule is CNC(=O)C1Cn2c(nc3cc(F)ccc32)C1(N)c1ccc(C#N)s1. The molecule has 0 bridgehead atoms. The zero-order valence-electron chi connectivity index (χ0n) is 13.3. The number of aromatic nitrogens is 2. The lowest BCUT2D eigenvalue weighted by Gasteiger charge is -2.27. The molecule has 0 aliphatic carbocycles. The first-order valence-corrected chi connectivity index (χ1v) is 8.48. The number of amides is 1. The predicted octanol–water partition coefficient (Wildman–Crippen LogP) is 1.69. The number of nitriles is 1. The van der Waals surface area contributed by atoms with Gasteiger partial charge in [0.25, 0.3) is 0 Å². The van der Waals surface area contributed by atoms with Gasteiger partial charge in [-0.25, -0.2) is 9.37 Å². The third kappa shape index (κ3) is 2.10. The van der Waals surface area contributed by atoms with Gasteiger partial charge in [-0.3, -0.25) is 4.79 Å². The van der Waals surface area contributed by atoms with Crippen LogP contribution < -0.4 is 11.1 Å². The van der Waals surface area contributed by atoms with Crippen LogP contribution in [-0.2, 0) is 16.9 Å². The van der Waals surface area contributed by atoms with E-state index in [0.717, 1.165) is 5.52 Å². The van der Waals surface area contributed by atoms with Gasteiger partial charge >= 0.3 is 0 Å². The highest BCUT2D eigenvalue weighted by molar-refractivity contribution is 7.12. The van der Waals surface area contributed by atoms with E-state index in [9.17, 15) is 9.18 Å². The van der Waals surface area contributed by atoms with E-state index in [2.05, 4.69) is 16.4 Å². The number of halogens is 1. The van der Waals surface area contributed by atoms with Crippen LogP contribution in [0.3, 0.4) is 0 Å². The number of imidazole rings is 1. The van der Waals surface area contributed by atoms with E-state index in [0.29, 0.717) is 27.6 Å². The Balaban J connectivity index is 1.97. The number of hydrogen-bond acceptors (Lipinski definition) is 5. The van der Waals surface area contributed by atoms with E-state index in [1.165, 1.54) is 23.5 Å². The molecule has 1 amide bonds. The maximum absolute atomic E-state index is 13.5. The molecule has 8 heteroatoms. The van der Waals surface area contributed by atoms with Crippen LogP contribution in [0.5, 0.6) is 0 Å². The second kappa shape index (κ2) is 5.37. The quantitative estimate of drug-likeness (QED) is 0.731. The average Bonchev–Trinajstić information content (AvgIpc) is 3.28. The van der Waals surface area contributed by atoms with E-state index in [1.54, 1.807) is 25.2 Å². The van der Waals surface area contributed by atoms with Crippen molar-refractivity contribution in [3.8, 4) is 6.07 Å². The van der Waals surface area contributed by atoms with Crippen molar-refractivity contribution in [1.82, 2.24) is 14.9 Å². The van der Waals surface area contributed by atoms with Gasteiger partial charge < -0.3 is 15.6 Å². The molecular weight excluding hydrogens is 341 g/mol. The maximum Gasteiger partial charge on any atom is 0.227 e. The van der Waals surface area contributed by atoms with E-state index < -0.39 is 11.5 Å². The second-order valence-electron chi connectivity index (χ2n) is 5.99. The summed E-state index contributed by atoms with van der Waals surface area (Å²) in [5, 5.41) is 11.8. The van der Waals surface area contributed by atoms with Crippen LogP contribution in [-0.4, -0.2) is 22.5 Å². The summed E-state index contributed by atoms with van der Waals surface area (Å²) in [7, 11) is 1.56. The lowest BCUT2D eigenvalue weighted by molar-refractivity contribution is -0.126. The van der Waals surface area contributed by atoms with Crippen molar-refractivity contribution in [3.05, 3.63) is 51.7 Å². The molecule has 0 radical (unpaired) electrons. The normalized spacial score (nSPS) is 21.9. The first-order valence-electron chi connectivity index (χ1n) is 7.66. The van der Waals surface area contributed by atoms with Crippen LogP contribution in [0, 0.1) is 23.1 Å². The summed E-state index contributed by atoms with van der Waals surface area (Å²) in [6, 6.07) is 9.89. The summed E-state index contributed by atoms with van der Waals surface area (Å²) in [6.45, 7) is 0.341. The van der Waals surface area contributed by atoms with Crippen molar-refractivity contribution in [2.45, 2.75) is 12.1 Å². The summed E-state index contributed by atoms with van der Waals surface area (Å²) in [6.07, 6.45) is 0. The fourth-order valence-electron chi connectivity index (χ4n) is 3.45. The van der Waals surface area contributed by atoms with Crippen molar-refractivity contribution < 1.29 is 9.18 Å². The lowest BCUT2D eigenvalue weighted by atomic mass is 9.84. The molecule has 4 rings (SSSR count). The smallest absolute Gasteiger partial charge is 0.227 e. The molecule has 0 saturated heterocycles. The van der Waals surface area contributed by atoms with Gasteiger partial charge in [0.2, 0.25) is 5.91 Å². The number of hydrogen-bond donors (Lipinski definition) is 2. The fourth-order valence-corrected chi connectivity index (χ4v) is 4.41. The molecule has 126 valence electrons. The Morgan fingerprint density at radius 1 is 1.52 bits per heavy atom. The molecule has 3 N–H and O–H groups in total. The molecule has 3 aromatic rings. The van der Waals surface area contributed by atoms with Crippen LogP contribution in [0.1, 0.15) is 15.6 Å². The van der Waals surface area contributed by atoms with Gasteiger partial charge in [-0.15, -0.1) is 11.3 Å². The zero-order valence-corrected chi connectivity index (χ0v) is 14.1. The number of nitrogens with zero attached hydrogens (tertiary/aromatic N) is 3. The highest BCUT2D eigenvalue weighted by Crippen LogP contribution is 2.44. The van der Waals surface area contributed by atoms with Gasteiger partial charge in [0.1, 0.15) is 28.1 Å². The second-order valence-corrected chi connectivity index (χ2v) is 7.07. The molecule has 3 heterocycles. The van der Waals surface area contributed by atoms with E-state index in [-0.39, 0.29) is 11.7 Å². The Hall–Kier alpha value is -2.76. The molecular formula is C17H14FN5OS. The first-order chi connectivity index (χ1) is 12.0. The highest BCUT2D eigenvalue weighted by Gasteiger charge is 2.52. The van der Waals surface area contributed by atoms with E-state index in [4.69, 9.17) is 11.0 Å². The predicted molar refractivity (Wildman–Crippen MR) is 91.2 cm³/mol. The molecule has 0 spiro atoms. The van der Waals surface area contributed by atoms with E-state index >= 15 is 0 Å². The molecule has 2 unspecified atom stereocenters. The average molecular weight is 355 g/mol. The number of thiophene rings is 1. The summed E-state index contributed by atoms with van der Waals surface area (Å²) >= 11 is 1.24. The number of carbonyl (C=O) groups excluding carboxylic acids is 1. The summed E-state index contributed by atoms with van der Waals surface area (Å²) in [4.78, 5) is 18.2. The molecule has 6 nitrogen and oxygen atoms in total. The minimum atomic E-state index is -1.17. The molecule has 25 heavy (non-hydrogen) atoms. The number of rotatable bonds is 2. The third-order valence-corrected chi connectivity index (χ3v) is 5.82. The van der Waals surface area contributed by atoms with Crippen molar-refractivity contribution in [1.29, 1.82) is 5.26 Å². The van der Waals surface area contributed by atoms with Gasteiger partial charge in [-0.2, -0.15) is 5.26 Å². The third-order valence-electron chi connectivity index (χ3n) is 4.68. The highest BCUT2D eigenvalue weighted by atomic mass is 32.1. The van der Waals surface area contributed by atoms with Gasteiger partial charge in [0, 0.05) is 24.5 Å². The van der Waals surface area contributed by atoms with Crippen molar-refractivity contribution in [2.24, 2.45) is 11.7 Å². The van der Waals surface area contributed by atoms with Crippen LogP contribution in [0.25, 0.3) is 11.0 Å². The van der Waals surface area contributed by atoms with E-state index in [1.807, 2.05) is 4.57 Å². The van der Waals surface area contributed by atoms with Gasteiger partial charge in [0.05, 0.1) is 17.0 Å². The molecule has 0 fully saturated rings. The first kappa shape index (κ1) is 15.7. The largest absolute Gasteiger partial charge is 0.359 e. The van der Waals surface area contributed by atoms with Crippen LogP contribution in [0.4, 0.5) is 4.39 Å². The molecule has 1 aliphatic heterocycles. The van der Waals surface area contributed by atoms with Crippen molar-refractivity contribution >= 4 is 28.3 Å².